The normalized spacial score (nSPS) is 20.6. The van der Waals surface area contributed by atoms with Crippen LogP contribution in [0.4, 0.5) is 8.78 Å². The number of carbonyl (C=O) groups excluding carboxylic acids is 2. The predicted octanol–water partition coefficient (Wildman–Crippen LogP) is 5.12. The van der Waals surface area contributed by atoms with E-state index < -0.39 is 12.0 Å². The summed E-state index contributed by atoms with van der Waals surface area (Å²) in [6.07, 6.45) is 9.71. The molecule has 2 unspecified atom stereocenters. The van der Waals surface area contributed by atoms with Gasteiger partial charge in [-0.2, -0.15) is 8.78 Å². The van der Waals surface area contributed by atoms with Crippen molar-refractivity contribution in [1.82, 2.24) is 4.90 Å². The molecule has 5 nitrogen and oxygen atoms in total. The van der Waals surface area contributed by atoms with Gasteiger partial charge in [-0.25, -0.2) is 0 Å². The number of ether oxygens (including phenoxy) is 1. The second kappa shape index (κ2) is 12.3. The lowest BCUT2D eigenvalue weighted by molar-refractivity contribution is -0.148. The van der Waals surface area contributed by atoms with Crippen LogP contribution in [0.25, 0.3) is 0 Å². The quantitative estimate of drug-likeness (QED) is 0.265. The molecule has 2 fully saturated rings. The highest BCUT2D eigenvalue weighted by molar-refractivity contribution is 5.79. The number of unbranched alkanes of at least 4 members (excludes halogenated alkanes) is 3. The van der Waals surface area contributed by atoms with Crippen molar-refractivity contribution >= 4 is 11.9 Å². The van der Waals surface area contributed by atoms with Gasteiger partial charge in [-0.05, 0) is 44.9 Å². The molecule has 0 spiro atoms. The SMILES string of the molecule is O=C(CCCCCCN1C(=O)CCC1C=CC(O)C(F)(F)c1ccccc1)OC1CCCC1. The number of nitrogens with zero attached hydrogens (tertiary/aromatic N) is 1. The van der Waals surface area contributed by atoms with Gasteiger partial charge in [0.25, 0.3) is 0 Å². The van der Waals surface area contributed by atoms with Gasteiger partial charge in [-0.3, -0.25) is 9.59 Å². The molecule has 1 aromatic carbocycles. The van der Waals surface area contributed by atoms with Gasteiger partial charge in [0.15, 0.2) is 0 Å². The summed E-state index contributed by atoms with van der Waals surface area (Å²) in [4.78, 5) is 25.8. The van der Waals surface area contributed by atoms with Crippen molar-refractivity contribution < 1.29 is 28.2 Å². The van der Waals surface area contributed by atoms with Crippen LogP contribution in [-0.4, -0.2) is 46.7 Å². The predicted molar refractivity (Wildman–Crippen MR) is 122 cm³/mol. The van der Waals surface area contributed by atoms with Gasteiger partial charge >= 0.3 is 11.9 Å². The van der Waals surface area contributed by atoms with Gasteiger partial charge < -0.3 is 14.7 Å². The molecule has 2 aliphatic rings. The summed E-state index contributed by atoms with van der Waals surface area (Å²) >= 11 is 0. The fraction of sp³-hybridized carbons (Fsp3) is 0.615. The first-order valence-electron chi connectivity index (χ1n) is 12.2. The molecule has 0 bridgehead atoms. The summed E-state index contributed by atoms with van der Waals surface area (Å²) in [6.45, 7) is 0.547. The van der Waals surface area contributed by atoms with Crippen molar-refractivity contribution in [3.05, 3.63) is 48.0 Å². The van der Waals surface area contributed by atoms with E-state index in [4.69, 9.17) is 4.74 Å². The molecule has 1 heterocycles. The lowest BCUT2D eigenvalue weighted by Gasteiger charge is -2.24. The first-order valence-corrected chi connectivity index (χ1v) is 12.2. The van der Waals surface area contributed by atoms with Crippen LogP contribution >= 0.6 is 0 Å². The van der Waals surface area contributed by atoms with E-state index >= 15 is 0 Å². The molecule has 1 aliphatic carbocycles. The van der Waals surface area contributed by atoms with E-state index in [-0.39, 0.29) is 29.6 Å². The molecule has 2 atom stereocenters. The number of rotatable bonds is 12. The molecule has 3 rings (SSSR count). The molecule has 1 N–H and O–H groups in total. The summed E-state index contributed by atoms with van der Waals surface area (Å²) in [5, 5.41) is 10.1. The van der Waals surface area contributed by atoms with E-state index in [1.165, 1.54) is 30.3 Å². The number of halogens is 2. The van der Waals surface area contributed by atoms with E-state index in [1.54, 1.807) is 11.0 Å². The van der Waals surface area contributed by atoms with Crippen LogP contribution < -0.4 is 0 Å². The van der Waals surface area contributed by atoms with Crippen molar-refractivity contribution in [2.45, 2.75) is 94.8 Å². The third-order valence-electron chi connectivity index (χ3n) is 6.55. The summed E-state index contributed by atoms with van der Waals surface area (Å²) in [6, 6.07) is 6.96. The van der Waals surface area contributed by atoms with Crippen LogP contribution in [0.3, 0.4) is 0 Å². The standard InChI is InChI=1S/C26H35F2NO4/c27-26(28,20-10-4-3-5-11-20)23(30)17-15-21-16-18-24(31)29(21)19-9-2-1-6-14-25(32)33-22-12-7-8-13-22/h3-5,10-11,15,17,21-23,30H,1-2,6-9,12-14,16,18-19H2. The van der Waals surface area contributed by atoms with Crippen molar-refractivity contribution in [2.75, 3.05) is 6.54 Å². The Balaban J connectivity index is 1.38. The average Bonchev–Trinajstić information content (AvgIpc) is 3.44. The van der Waals surface area contributed by atoms with E-state index in [9.17, 15) is 23.5 Å². The molecule has 1 aliphatic heterocycles. The van der Waals surface area contributed by atoms with E-state index in [0.29, 0.717) is 25.8 Å². The maximum atomic E-state index is 14.5. The minimum absolute atomic E-state index is 0.00843. The van der Waals surface area contributed by atoms with Crippen molar-refractivity contribution in [1.29, 1.82) is 0 Å². The van der Waals surface area contributed by atoms with Crippen LogP contribution in [-0.2, 0) is 20.2 Å². The molecule has 0 radical (unpaired) electrons. The number of carbonyl (C=O) groups is 2. The van der Waals surface area contributed by atoms with Gasteiger partial charge in [-0.1, -0.05) is 55.3 Å². The minimum atomic E-state index is -3.40. The highest BCUT2D eigenvalue weighted by atomic mass is 19.3. The fourth-order valence-electron chi connectivity index (χ4n) is 4.59. The van der Waals surface area contributed by atoms with E-state index in [0.717, 1.165) is 57.4 Å². The zero-order valence-electron chi connectivity index (χ0n) is 19.1. The molecular formula is C26H35F2NO4. The smallest absolute Gasteiger partial charge is 0.306 e. The van der Waals surface area contributed by atoms with Crippen LogP contribution in [0.5, 0.6) is 0 Å². The number of amides is 1. The van der Waals surface area contributed by atoms with Crippen molar-refractivity contribution in [2.24, 2.45) is 0 Å². The number of hydrogen-bond donors (Lipinski definition) is 1. The summed E-state index contributed by atoms with van der Waals surface area (Å²) in [5.74, 6) is -3.51. The van der Waals surface area contributed by atoms with Gasteiger partial charge in [-0.15, -0.1) is 0 Å². The number of aliphatic hydroxyl groups is 1. The largest absolute Gasteiger partial charge is 0.462 e. The highest BCUT2D eigenvalue weighted by Crippen LogP contribution is 2.33. The molecular weight excluding hydrogens is 428 g/mol. The Bertz CT molecular complexity index is 793. The Labute approximate surface area is 194 Å². The lowest BCUT2D eigenvalue weighted by Crippen LogP contribution is -2.34. The highest BCUT2D eigenvalue weighted by Gasteiger charge is 2.39. The summed E-state index contributed by atoms with van der Waals surface area (Å²) < 4.78 is 34.4. The Hall–Kier alpha value is -2.28. The van der Waals surface area contributed by atoms with Crippen LogP contribution in [0.1, 0.15) is 76.2 Å². The second-order valence-electron chi connectivity index (χ2n) is 9.07. The lowest BCUT2D eigenvalue weighted by atomic mass is 10.0. The zero-order chi connectivity index (χ0) is 23.7. The molecule has 1 amide bonds. The topological polar surface area (TPSA) is 66.8 Å². The number of aliphatic hydroxyl groups excluding tert-OH is 1. The fourth-order valence-corrected chi connectivity index (χ4v) is 4.59. The Kier molecular flexibility index (Phi) is 9.41. The first-order chi connectivity index (χ1) is 15.9. The van der Waals surface area contributed by atoms with Crippen molar-refractivity contribution in [3.8, 4) is 0 Å². The van der Waals surface area contributed by atoms with Crippen molar-refractivity contribution in [3.63, 3.8) is 0 Å². The molecule has 1 saturated carbocycles. The molecule has 0 aromatic heterocycles. The number of esters is 1. The maximum Gasteiger partial charge on any atom is 0.306 e. The molecule has 1 aromatic rings. The summed E-state index contributed by atoms with van der Waals surface area (Å²) in [7, 11) is 0. The van der Waals surface area contributed by atoms with Gasteiger partial charge in [0, 0.05) is 24.9 Å². The van der Waals surface area contributed by atoms with Crippen LogP contribution in [0, 0.1) is 0 Å². The summed E-state index contributed by atoms with van der Waals surface area (Å²) in [5.41, 5.74) is -0.242. The number of benzene rings is 1. The number of alkyl halides is 2. The molecule has 182 valence electrons. The minimum Gasteiger partial charge on any atom is -0.462 e. The number of hydrogen-bond acceptors (Lipinski definition) is 4. The maximum absolute atomic E-state index is 14.5. The molecule has 7 heteroatoms. The van der Waals surface area contributed by atoms with Crippen LogP contribution in [0.15, 0.2) is 42.5 Å². The number of likely N-dealkylation sites (tertiary alicyclic amines) is 1. The van der Waals surface area contributed by atoms with Crippen LogP contribution in [0.2, 0.25) is 0 Å². The third-order valence-corrected chi connectivity index (χ3v) is 6.55. The van der Waals surface area contributed by atoms with E-state index in [1.807, 2.05) is 0 Å². The molecule has 1 saturated heterocycles. The van der Waals surface area contributed by atoms with Gasteiger partial charge in [0.2, 0.25) is 5.91 Å². The van der Waals surface area contributed by atoms with Gasteiger partial charge in [0.05, 0.1) is 6.04 Å². The third kappa shape index (κ3) is 7.36. The average molecular weight is 464 g/mol. The Morgan fingerprint density at radius 2 is 1.82 bits per heavy atom. The monoisotopic (exact) mass is 463 g/mol. The van der Waals surface area contributed by atoms with E-state index in [2.05, 4.69) is 0 Å². The first kappa shape index (κ1) is 25.3. The van der Waals surface area contributed by atoms with Gasteiger partial charge in [0.1, 0.15) is 12.2 Å². The second-order valence-corrected chi connectivity index (χ2v) is 9.07. The zero-order valence-corrected chi connectivity index (χ0v) is 19.1. The Morgan fingerprint density at radius 3 is 2.55 bits per heavy atom. The Morgan fingerprint density at radius 1 is 1.12 bits per heavy atom. The molecule has 33 heavy (non-hydrogen) atoms.